The Morgan fingerprint density at radius 1 is 1.33 bits per heavy atom. The standard InChI is InChI=1S/C10H15OSi/c1-4-11-12(2,3)10-8-6-5-7-9-10/h6-9H,4H2,1-3H3. The van der Waals surface area contributed by atoms with Crippen LogP contribution in [0.15, 0.2) is 24.3 Å². The number of benzene rings is 1. The van der Waals surface area contributed by atoms with Crippen molar-refractivity contribution in [1.82, 2.24) is 0 Å². The minimum Gasteiger partial charge on any atom is -0.413 e. The number of rotatable bonds is 3. The van der Waals surface area contributed by atoms with Gasteiger partial charge in [0.1, 0.15) is 0 Å². The predicted molar refractivity (Wildman–Crippen MR) is 54.0 cm³/mol. The minimum absolute atomic E-state index is 0.803. The minimum atomic E-state index is -1.60. The van der Waals surface area contributed by atoms with Crippen molar-refractivity contribution in [2.45, 2.75) is 20.0 Å². The zero-order valence-electron chi connectivity index (χ0n) is 7.92. The maximum Gasteiger partial charge on any atom is 0.218 e. The summed E-state index contributed by atoms with van der Waals surface area (Å²) in [6.07, 6.45) is 0. The molecule has 1 radical (unpaired) electrons. The van der Waals surface area contributed by atoms with E-state index in [4.69, 9.17) is 4.43 Å². The van der Waals surface area contributed by atoms with Crippen LogP contribution in [-0.4, -0.2) is 14.9 Å². The summed E-state index contributed by atoms with van der Waals surface area (Å²) in [6, 6.07) is 11.1. The number of hydrogen-bond acceptors (Lipinski definition) is 1. The maximum absolute atomic E-state index is 5.74. The Labute approximate surface area is 75.5 Å². The molecule has 0 atom stereocenters. The van der Waals surface area contributed by atoms with E-state index in [9.17, 15) is 0 Å². The van der Waals surface area contributed by atoms with E-state index in [1.165, 1.54) is 5.19 Å². The van der Waals surface area contributed by atoms with Gasteiger partial charge in [-0.1, -0.05) is 24.3 Å². The van der Waals surface area contributed by atoms with Gasteiger partial charge < -0.3 is 4.43 Å². The van der Waals surface area contributed by atoms with Crippen LogP contribution in [0.2, 0.25) is 13.1 Å². The normalized spacial score (nSPS) is 11.6. The molecule has 65 valence electrons. The second-order valence-corrected chi connectivity index (χ2v) is 7.12. The average Bonchev–Trinajstić information content (AvgIpc) is 2.06. The fraction of sp³-hybridized carbons (Fsp3) is 0.400. The van der Waals surface area contributed by atoms with E-state index in [1.807, 2.05) is 19.1 Å². The zero-order valence-corrected chi connectivity index (χ0v) is 8.92. The van der Waals surface area contributed by atoms with Crippen LogP contribution in [0.1, 0.15) is 6.92 Å². The van der Waals surface area contributed by atoms with Crippen molar-refractivity contribution in [2.24, 2.45) is 0 Å². The molecule has 0 spiro atoms. The lowest BCUT2D eigenvalue weighted by atomic mass is 10.4. The first-order chi connectivity index (χ1) is 5.67. The van der Waals surface area contributed by atoms with Gasteiger partial charge in [0.2, 0.25) is 8.32 Å². The van der Waals surface area contributed by atoms with E-state index < -0.39 is 8.32 Å². The highest BCUT2D eigenvalue weighted by Gasteiger charge is 2.23. The Kier molecular flexibility index (Phi) is 3.06. The molecule has 0 aromatic heterocycles. The smallest absolute Gasteiger partial charge is 0.218 e. The molecule has 2 heteroatoms. The molecule has 12 heavy (non-hydrogen) atoms. The Hall–Kier alpha value is -0.603. The lowest BCUT2D eigenvalue weighted by Crippen LogP contribution is -2.44. The van der Waals surface area contributed by atoms with E-state index in [0.29, 0.717) is 0 Å². The second-order valence-electron chi connectivity index (χ2n) is 3.23. The SMILES string of the molecule is CCO[Si](C)(C)c1cc[c]cc1. The fourth-order valence-corrected chi connectivity index (χ4v) is 3.09. The van der Waals surface area contributed by atoms with Crippen LogP contribution < -0.4 is 5.19 Å². The molecular weight excluding hydrogens is 164 g/mol. The van der Waals surface area contributed by atoms with Crippen LogP contribution in [0.5, 0.6) is 0 Å². The highest BCUT2D eigenvalue weighted by atomic mass is 28.4. The van der Waals surface area contributed by atoms with Crippen molar-refractivity contribution in [3.05, 3.63) is 30.3 Å². The first kappa shape index (κ1) is 9.48. The molecule has 0 N–H and O–H groups in total. The molecule has 0 amide bonds. The molecule has 0 aliphatic heterocycles. The lowest BCUT2D eigenvalue weighted by molar-refractivity contribution is 0.339. The monoisotopic (exact) mass is 179 g/mol. The lowest BCUT2D eigenvalue weighted by Gasteiger charge is -2.21. The molecule has 1 nitrogen and oxygen atoms in total. The third-order valence-corrected chi connectivity index (χ3v) is 4.65. The van der Waals surface area contributed by atoms with Gasteiger partial charge in [-0.25, -0.2) is 0 Å². The van der Waals surface area contributed by atoms with Gasteiger partial charge in [0.15, 0.2) is 0 Å². The summed E-state index contributed by atoms with van der Waals surface area (Å²) in [5.74, 6) is 0. The van der Waals surface area contributed by atoms with Crippen molar-refractivity contribution in [2.75, 3.05) is 6.61 Å². The summed E-state index contributed by atoms with van der Waals surface area (Å²) in [6.45, 7) is 7.28. The average molecular weight is 179 g/mol. The van der Waals surface area contributed by atoms with Crippen molar-refractivity contribution in [3.63, 3.8) is 0 Å². The topological polar surface area (TPSA) is 9.23 Å². The van der Waals surface area contributed by atoms with E-state index in [-0.39, 0.29) is 0 Å². The highest BCUT2D eigenvalue weighted by Crippen LogP contribution is 2.04. The first-order valence-corrected chi connectivity index (χ1v) is 7.18. The summed E-state index contributed by atoms with van der Waals surface area (Å²) < 4.78 is 5.74. The van der Waals surface area contributed by atoms with Gasteiger partial charge in [0.05, 0.1) is 0 Å². The molecule has 1 rings (SSSR count). The van der Waals surface area contributed by atoms with Crippen LogP contribution >= 0.6 is 0 Å². The van der Waals surface area contributed by atoms with Gasteiger partial charge >= 0.3 is 0 Å². The van der Waals surface area contributed by atoms with E-state index in [0.717, 1.165) is 6.61 Å². The highest BCUT2D eigenvalue weighted by molar-refractivity contribution is 6.84. The van der Waals surface area contributed by atoms with Crippen LogP contribution in [0.25, 0.3) is 0 Å². The Balaban J connectivity index is 2.82. The second kappa shape index (κ2) is 3.87. The van der Waals surface area contributed by atoms with Gasteiger partial charge in [0.25, 0.3) is 0 Å². The van der Waals surface area contributed by atoms with Gasteiger partial charge in [-0.3, -0.25) is 0 Å². The largest absolute Gasteiger partial charge is 0.413 e. The summed E-state index contributed by atoms with van der Waals surface area (Å²) in [7, 11) is -1.60. The quantitative estimate of drug-likeness (QED) is 0.644. The van der Waals surface area contributed by atoms with Gasteiger partial charge in [-0.05, 0) is 31.3 Å². The summed E-state index contributed by atoms with van der Waals surface area (Å²) in [4.78, 5) is 0. The zero-order chi connectivity index (χ0) is 9.03. The Morgan fingerprint density at radius 3 is 2.42 bits per heavy atom. The molecule has 1 aromatic rings. The van der Waals surface area contributed by atoms with Crippen molar-refractivity contribution < 1.29 is 4.43 Å². The molecule has 0 saturated carbocycles. The summed E-state index contributed by atoms with van der Waals surface area (Å²) >= 11 is 0. The molecule has 0 saturated heterocycles. The van der Waals surface area contributed by atoms with Crippen molar-refractivity contribution in [3.8, 4) is 0 Å². The fourth-order valence-electron chi connectivity index (χ4n) is 1.23. The number of hydrogen-bond donors (Lipinski definition) is 0. The molecule has 0 aliphatic carbocycles. The van der Waals surface area contributed by atoms with Crippen LogP contribution in [0.3, 0.4) is 0 Å². The molecule has 0 heterocycles. The third-order valence-electron chi connectivity index (χ3n) is 1.92. The van der Waals surface area contributed by atoms with Crippen molar-refractivity contribution >= 4 is 13.5 Å². The van der Waals surface area contributed by atoms with E-state index in [2.05, 4.69) is 31.3 Å². The first-order valence-electron chi connectivity index (χ1n) is 4.27. The predicted octanol–water partition coefficient (Wildman–Crippen LogP) is 1.94. The summed E-state index contributed by atoms with van der Waals surface area (Å²) in [5, 5.41) is 1.34. The Morgan fingerprint density at radius 2 is 1.92 bits per heavy atom. The molecule has 0 aliphatic rings. The molecular formula is C10H15OSi. The van der Waals surface area contributed by atoms with E-state index >= 15 is 0 Å². The third kappa shape index (κ3) is 2.19. The summed E-state index contributed by atoms with van der Waals surface area (Å²) in [5.41, 5.74) is 0. The molecule has 1 aromatic carbocycles. The van der Waals surface area contributed by atoms with Crippen molar-refractivity contribution in [1.29, 1.82) is 0 Å². The van der Waals surface area contributed by atoms with Crippen LogP contribution in [0, 0.1) is 6.07 Å². The maximum atomic E-state index is 5.74. The van der Waals surface area contributed by atoms with E-state index in [1.54, 1.807) is 0 Å². The van der Waals surface area contributed by atoms with Gasteiger partial charge in [0, 0.05) is 6.61 Å². The van der Waals surface area contributed by atoms with Crippen LogP contribution in [-0.2, 0) is 4.43 Å². The molecule has 0 bridgehead atoms. The molecule has 0 unspecified atom stereocenters. The Bertz CT molecular complexity index is 231. The van der Waals surface area contributed by atoms with Crippen LogP contribution in [0.4, 0.5) is 0 Å². The molecule has 0 fully saturated rings. The van der Waals surface area contributed by atoms with Gasteiger partial charge in [-0.2, -0.15) is 0 Å². The van der Waals surface area contributed by atoms with Gasteiger partial charge in [-0.15, -0.1) is 0 Å².